The van der Waals surface area contributed by atoms with Gasteiger partial charge in [-0.3, -0.25) is 9.59 Å². The lowest BCUT2D eigenvalue weighted by Crippen LogP contribution is -2.28. The molecule has 0 saturated heterocycles. The summed E-state index contributed by atoms with van der Waals surface area (Å²) in [4.78, 5) is 23.9. The van der Waals surface area contributed by atoms with Crippen LogP contribution in [-0.4, -0.2) is 36.4 Å². The highest BCUT2D eigenvalue weighted by Gasteiger charge is 2.16. The van der Waals surface area contributed by atoms with Crippen LogP contribution in [0.1, 0.15) is 174 Å². The maximum Gasteiger partial charge on any atom is 0.306 e. The molecule has 0 rings (SSSR count). The molecular weight excluding hydrogens is 464 g/mol. The summed E-state index contributed by atoms with van der Waals surface area (Å²) in [5.74, 6) is -0.589. The van der Waals surface area contributed by atoms with Gasteiger partial charge in [0.2, 0.25) is 0 Å². The van der Waals surface area contributed by atoms with E-state index >= 15 is 0 Å². The van der Waals surface area contributed by atoms with Gasteiger partial charge in [0, 0.05) is 12.8 Å². The lowest BCUT2D eigenvalue weighted by Gasteiger charge is -2.15. The number of carbonyl (C=O) groups excluding carboxylic acids is 2. The van der Waals surface area contributed by atoms with E-state index in [1.54, 1.807) is 0 Å². The first-order valence-electron chi connectivity index (χ1n) is 16.1. The lowest BCUT2D eigenvalue weighted by molar-refractivity contribution is -0.161. The molecule has 0 aromatic rings. The molecule has 1 atom stereocenters. The van der Waals surface area contributed by atoms with E-state index in [-0.39, 0.29) is 25.2 Å². The van der Waals surface area contributed by atoms with Gasteiger partial charge in [0.15, 0.2) is 6.10 Å². The number of carbonyl (C=O) groups is 2. The second-order valence-corrected chi connectivity index (χ2v) is 10.9. The third-order valence-electron chi connectivity index (χ3n) is 7.15. The summed E-state index contributed by atoms with van der Waals surface area (Å²) in [7, 11) is 0. The Balaban J connectivity index is 3.50. The number of rotatable bonds is 29. The summed E-state index contributed by atoms with van der Waals surface area (Å²) in [6.07, 6.45) is 28.8. The van der Waals surface area contributed by atoms with Gasteiger partial charge in [0.05, 0.1) is 6.61 Å². The SMILES string of the molecule is CCCCCCCCCCCCCCCCCCC(=O)OC(CO)COC(=O)CCCCCCCCC. The second-order valence-electron chi connectivity index (χ2n) is 10.9. The molecule has 0 amide bonds. The van der Waals surface area contributed by atoms with Crippen molar-refractivity contribution in [3.05, 3.63) is 0 Å². The topological polar surface area (TPSA) is 72.8 Å². The molecule has 1 N–H and O–H groups in total. The van der Waals surface area contributed by atoms with Gasteiger partial charge >= 0.3 is 11.9 Å². The number of esters is 2. The summed E-state index contributed by atoms with van der Waals surface area (Å²) < 4.78 is 10.5. The fourth-order valence-corrected chi connectivity index (χ4v) is 4.67. The van der Waals surface area contributed by atoms with Crippen LogP contribution in [0.3, 0.4) is 0 Å². The van der Waals surface area contributed by atoms with Gasteiger partial charge in [-0.15, -0.1) is 0 Å². The first-order chi connectivity index (χ1) is 18.1. The highest BCUT2D eigenvalue weighted by atomic mass is 16.6. The van der Waals surface area contributed by atoms with Crippen LogP contribution < -0.4 is 0 Å². The van der Waals surface area contributed by atoms with Gasteiger partial charge < -0.3 is 14.6 Å². The molecule has 0 saturated carbocycles. The minimum Gasteiger partial charge on any atom is -0.462 e. The molecule has 5 nitrogen and oxygen atoms in total. The Hall–Kier alpha value is -1.10. The van der Waals surface area contributed by atoms with Crippen LogP contribution in [0.15, 0.2) is 0 Å². The summed E-state index contributed by atoms with van der Waals surface area (Å²) >= 11 is 0. The maximum absolute atomic E-state index is 12.0. The number of aliphatic hydroxyl groups excluding tert-OH is 1. The number of unbranched alkanes of at least 4 members (excludes halogenated alkanes) is 21. The molecule has 220 valence electrons. The molecule has 5 heteroatoms. The molecule has 0 aliphatic carbocycles. The van der Waals surface area contributed by atoms with E-state index in [1.807, 2.05) is 0 Å². The predicted molar refractivity (Wildman–Crippen MR) is 155 cm³/mol. The van der Waals surface area contributed by atoms with Gasteiger partial charge in [-0.1, -0.05) is 149 Å². The van der Waals surface area contributed by atoms with Crippen molar-refractivity contribution in [3.63, 3.8) is 0 Å². The van der Waals surface area contributed by atoms with Crippen LogP contribution in [0.25, 0.3) is 0 Å². The van der Waals surface area contributed by atoms with Gasteiger partial charge in [-0.25, -0.2) is 0 Å². The Morgan fingerprint density at radius 2 is 0.838 bits per heavy atom. The van der Waals surface area contributed by atoms with E-state index in [0.717, 1.165) is 38.5 Å². The average Bonchev–Trinajstić information content (AvgIpc) is 2.90. The van der Waals surface area contributed by atoms with Crippen molar-refractivity contribution in [1.82, 2.24) is 0 Å². The molecule has 0 spiro atoms. The Kier molecular flexibility index (Phi) is 28.6. The maximum atomic E-state index is 12.0. The number of hydrogen-bond donors (Lipinski definition) is 1. The minimum absolute atomic E-state index is 0.0590. The third-order valence-corrected chi connectivity index (χ3v) is 7.15. The molecular formula is C32H62O5. The molecule has 37 heavy (non-hydrogen) atoms. The van der Waals surface area contributed by atoms with Crippen LogP contribution in [-0.2, 0) is 19.1 Å². The summed E-state index contributed by atoms with van der Waals surface area (Å²) in [6, 6.07) is 0. The van der Waals surface area contributed by atoms with E-state index in [1.165, 1.54) is 109 Å². The van der Waals surface area contributed by atoms with Crippen molar-refractivity contribution in [2.75, 3.05) is 13.2 Å². The van der Waals surface area contributed by atoms with Crippen LogP contribution >= 0.6 is 0 Å². The highest BCUT2D eigenvalue weighted by Crippen LogP contribution is 2.14. The fourth-order valence-electron chi connectivity index (χ4n) is 4.67. The Morgan fingerprint density at radius 1 is 0.514 bits per heavy atom. The van der Waals surface area contributed by atoms with Crippen LogP contribution in [0.4, 0.5) is 0 Å². The van der Waals surface area contributed by atoms with Gasteiger partial charge in [0.1, 0.15) is 6.61 Å². The van der Waals surface area contributed by atoms with E-state index < -0.39 is 6.10 Å². The smallest absolute Gasteiger partial charge is 0.306 e. The quantitative estimate of drug-likeness (QED) is 0.0776. The standard InChI is InChI=1S/C32H62O5/c1-3-5-7-9-11-12-13-14-15-16-17-18-19-21-23-25-27-32(35)37-30(28-33)29-36-31(34)26-24-22-20-10-8-6-4-2/h30,33H,3-29H2,1-2H3. The average molecular weight is 527 g/mol. The number of hydrogen-bond acceptors (Lipinski definition) is 5. The zero-order valence-electron chi connectivity index (χ0n) is 24.7. The molecule has 0 radical (unpaired) electrons. The van der Waals surface area contributed by atoms with Gasteiger partial charge in [0.25, 0.3) is 0 Å². The zero-order chi connectivity index (χ0) is 27.2. The Labute approximate surface area is 229 Å². The highest BCUT2D eigenvalue weighted by molar-refractivity contribution is 5.70. The first-order valence-corrected chi connectivity index (χ1v) is 16.1. The largest absolute Gasteiger partial charge is 0.462 e. The lowest BCUT2D eigenvalue weighted by atomic mass is 10.0. The van der Waals surface area contributed by atoms with E-state index in [2.05, 4.69) is 13.8 Å². The molecule has 0 fully saturated rings. The monoisotopic (exact) mass is 526 g/mol. The van der Waals surface area contributed by atoms with Gasteiger partial charge in [-0.05, 0) is 12.8 Å². The molecule has 0 heterocycles. The summed E-state index contributed by atoms with van der Waals surface area (Å²) in [5, 5.41) is 9.45. The van der Waals surface area contributed by atoms with Crippen molar-refractivity contribution in [2.24, 2.45) is 0 Å². The predicted octanol–water partition coefficient (Wildman–Crippen LogP) is 9.23. The summed E-state index contributed by atoms with van der Waals surface area (Å²) in [6.45, 7) is 4.09. The van der Waals surface area contributed by atoms with Crippen LogP contribution in [0.5, 0.6) is 0 Å². The zero-order valence-corrected chi connectivity index (χ0v) is 24.7. The van der Waals surface area contributed by atoms with Crippen LogP contribution in [0, 0.1) is 0 Å². The molecule has 0 bridgehead atoms. The van der Waals surface area contributed by atoms with E-state index in [9.17, 15) is 14.7 Å². The van der Waals surface area contributed by atoms with E-state index in [4.69, 9.17) is 9.47 Å². The third kappa shape index (κ3) is 27.7. The summed E-state index contributed by atoms with van der Waals surface area (Å²) in [5.41, 5.74) is 0. The Morgan fingerprint density at radius 3 is 1.19 bits per heavy atom. The van der Waals surface area contributed by atoms with Crippen molar-refractivity contribution in [3.8, 4) is 0 Å². The molecule has 0 aromatic heterocycles. The van der Waals surface area contributed by atoms with Crippen LogP contribution in [0.2, 0.25) is 0 Å². The fraction of sp³-hybridized carbons (Fsp3) is 0.938. The van der Waals surface area contributed by atoms with Crippen molar-refractivity contribution in [1.29, 1.82) is 0 Å². The van der Waals surface area contributed by atoms with Crippen molar-refractivity contribution < 1.29 is 24.2 Å². The first kappa shape index (κ1) is 35.9. The number of aliphatic hydroxyl groups is 1. The van der Waals surface area contributed by atoms with E-state index in [0.29, 0.717) is 12.8 Å². The normalized spacial score (nSPS) is 12.0. The minimum atomic E-state index is -0.758. The number of ether oxygens (including phenoxy) is 2. The molecule has 0 aliphatic heterocycles. The Bertz CT molecular complexity index is 494. The van der Waals surface area contributed by atoms with Crippen molar-refractivity contribution in [2.45, 2.75) is 180 Å². The molecule has 1 unspecified atom stereocenters. The second kappa shape index (κ2) is 29.5. The molecule has 0 aliphatic rings. The van der Waals surface area contributed by atoms with Crippen molar-refractivity contribution >= 4 is 11.9 Å². The van der Waals surface area contributed by atoms with Gasteiger partial charge in [-0.2, -0.15) is 0 Å². The molecule has 0 aromatic carbocycles.